The van der Waals surface area contributed by atoms with Gasteiger partial charge in [0.25, 0.3) is 0 Å². The van der Waals surface area contributed by atoms with Crippen LogP contribution in [0.3, 0.4) is 0 Å². The minimum atomic E-state index is -3.78. The Kier molecular flexibility index (Phi) is 13.0. The number of rotatable bonds is 15. The Labute approximate surface area is 285 Å². The number of phenolic OH excluding ortho intramolecular Hbond substituents is 1. The summed E-state index contributed by atoms with van der Waals surface area (Å²) in [6, 6.07) is 16.5. The van der Waals surface area contributed by atoms with Gasteiger partial charge in [-0.1, -0.05) is 42.8 Å². The minimum absolute atomic E-state index is 0.00456. The second-order valence-corrected chi connectivity index (χ2v) is 13.5. The fourth-order valence-electron chi connectivity index (χ4n) is 5.33. The lowest BCUT2D eigenvalue weighted by Gasteiger charge is -2.40. The predicted octanol–water partition coefficient (Wildman–Crippen LogP) is 1.60. The first kappa shape index (κ1) is 37.6. The zero-order valence-corrected chi connectivity index (χ0v) is 28.3. The molecule has 0 aliphatic carbocycles. The smallest absolute Gasteiger partial charge is 0.373 e. The lowest BCUT2D eigenvalue weighted by Crippen LogP contribution is -2.60. The Hall–Kier alpha value is -4.25. The van der Waals surface area contributed by atoms with Crippen molar-refractivity contribution in [3.05, 3.63) is 72.0 Å². The number of hydrogen-bond donors (Lipinski definition) is 6. The van der Waals surface area contributed by atoms with Crippen molar-refractivity contribution < 1.29 is 52.6 Å². The Morgan fingerprint density at radius 3 is 2.31 bits per heavy atom. The van der Waals surface area contributed by atoms with Gasteiger partial charge in [0.15, 0.2) is 0 Å². The van der Waals surface area contributed by atoms with Gasteiger partial charge in [-0.15, -0.1) is 0 Å². The van der Waals surface area contributed by atoms with Crippen LogP contribution in [-0.4, -0.2) is 106 Å². The molecule has 0 spiro atoms. The van der Waals surface area contributed by atoms with Crippen molar-refractivity contribution >= 4 is 44.4 Å². The highest BCUT2D eigenvalue weighted by molar-refractivity contribution is 7.89. The number of hydrogen-bond acceptors (Lipinski definition) is 12. The number of aliphatic hydroxyl groups excluding tert-OH is 3. The highest BCUT2D eigenvalue weighted by Gasteiger charge is 2.45. The molecule has 0 radical (unpaired) electrons. The number of carbonyl (C=O) groups excluding carboxylic acids is 2. The van der Waals surface area contributed by atoms with Crippen LogP contribution in [0.1, 0.15) is 31.2 Å². The molecule has 3 aromatic carbocycles. The molecule has 266 valence electrons. The number of amides is 1. The number of esters is 1. The molecule has 5 atom stereocenters. The van der Waals surface area contributed by atoms with Gasteiger partial charge >= 0.3 is 5.97 Å². The first-order valence-corrected chi connectivity index (χ1v) is 17.2. The van der Waals surface area contributed by atoms with Crippen LogP contribution in [0.15, 0.2) is 71.3 Å². The number of ether oxygens (including phenoxy) is 3. The number of benzene rings is 3. The standard InChI is InChI=1S/C34H43N3O11S/c1-37(2)25-11-7-10-24-23(25)9-8-12-28(24)49(44,45)36-18-6-4-5-13-29(39)35-20-27-30(40)31(41)32(42)34(48-27)47-26(33(43)46-3)19-21-14-16-22(38)17-15-21/h7-12,14-17,19,27,30-32,34,36,38,40-42H,4-6,13,18,20H2,1-3H3,(H,35,39)/b26-19-/t27-,30+,31+,32-,34-/m1/s1. The lowest BCUT2D eigenvalue weighted by molar-refractivity contribution is -0.285. The van der Waals surface area contributed by atoms with E-state index in [4.69, 9.17) is 14.2 Å². The SMILES string of the molecule is COC(=O)/C(=C/c1ccc(O)cc1)O[C@@H]1O[C@H](CNC(=O)CCCCCNS(=O)(=O)c2cccc3c(N(C)C)cccc23)[C@H](O)[C@H](O)[C@H]1O. The summed E-state index contributed by atoms with van der Waals surface area (Å²) in [6.07, 6.45) is -4.94. The number of aliphatic hydroxyl groups is 3. The molecule has 1 aliphatic rings. The first-order chi connectivity index (χ1) is 23.3. The van der Waals surface area contributed by atoms with Crippen LogP contribution in [0.4, 0.5) is 5.69 Å². The number of carbonyl (C=O) groups is 2. The van der Waals surface area contributed by atoms with Gasteiger partial charge in [-0.3, -0.25) is 4.79 Å². The predicted molar refractivity (Wildman–Crippen MR) is 181 cm³/mol. The van der Waals surface area contributed by atoms with E-state index in [0.717, 1.165) is 18.2 Å². The summed E-state index contributed by atoms with van der Waals surface area (Å²) in [6.45, 7) is -0.0502. The number of anilines is 1. The summed E-state index contributed by atoms with van der Waals surface area (Å²) in [5, 5.41) is 45.0. The Balaban J connectivity index is 1.24. The maximum absolute atomic E-state index is 13.1. The molecule has 0 unspecified atom stereocenters. The topological polar surface area (TPSA) is 204 Å². The first-order valence-electron chi connectivity index (χ1n) is 15.7. The van der Waals surface area contributed by atoms with Gasteiger partial charge in [-0.25, -0.2) is 17.9 Å². The molecular formula is C34H43N3O11S. The third-order valence-electron chi connectivity index (χ3n) is 7.99. The Morgan fingerprint density at radius 2 is 1.61 bits per heavy atom. The van der Waals surface area contributed by atoms with Crippen LogP contribution in [0.2, 0.25) is 0 Å². The molecule has 0 aromatic heterocycles. The molecule has 0 saturated carbocycles. The normalized spacial score (nSPS) is 21.3. The van der Waals surface area contributed by atoms with Crippen molar-refractivity contribution in [2.24, 2.45) is 0 Å². The molecule has 6 N–H and O–H groups in total. The van der Waals surface area contributed by atoms with E-state index < -0.39 is 46.7 Å². The zero-order chi connectivity index (χ0) is 35.7. The van der Waals surface area contributed by atoms with E-state index in [1.807, 2.05) is 37.2 Å². The van der Waals surface area contributed by atoms with Crippen LogP contribution < -0.4 is 14.9 Å². The minimum Gasteiger partial charge on any atom is -0.508 e. The number of aromatic hydroxyl groups is 1. The third kappa shape index (κ3) is 9.68. The molecule has 1 amide bonds. The van der Waals surface area contributed by atoms with Crippen molar-refractivity contribution in [1.82, 2.24) is 10.0 Å². The summed E-state index contributed by atoms with van der Waals surface area (Å²) < 4.78 is 44.8. The number of nitrogens with one attached hydrogen (secondary N) is 2. The summed E-state index contributed by atoms with van der Waals surface area (Å²) in [4.78, 5) is 27.0. The largest absolute Gasteiger partial charge is 0.508 e. The van der Waals surface area contributed by atoms with E-state index in [1.165, 1.54) is 30.3 Å². The van der Waals surface area contributed by atoms with Gasteiger partial charge in [0.05, 0.1) is 12.0 Å². The molecule has 49 heavy (non-hydrogen) atoms. The van der Waals surface area contributed by atoms with Crippen LogP contribution in [0, 0.1) is 0 Å². The highest BCUT2D eigenvalue weighted by Crippen LogP contribution is 2.30. The average Bonchev–Trinajstić information content (AvgIpc) is 3.08. The van der Waals surface area contributed by atoms with E-state index in [9.17, 15) is 38.4 Å². The lowest BCUT2D eigenvalue weighted by atomic mass is 9.98. The number of sulfonamides is 1. The van der Waals surface area contributed by atoms with Crippen molar-refractivity contribution in [1.29, 1.82) is 0 Å². The second-order valence-electron chi connectivity index (χ2n) is 11.8. The third-order valence-corrected chi connectivity index (χ3v) is 9.51. The maximum Gasteiger partial charge on any atom is 0.373 e. The number of methoxy groups -OCH3 is 1. The summed E-state index contributed by atoms with van der Waals surface area (Å²) in [5.74, 6) is -1.65. The maximum atomic E-state index is 13.1. The van der Waals surface area contributed by atoms with Crippen molar-refractivity contribution in [3.8, 4) is 5.75 Å². The summed E-state index contributed by atoms with van der Waals surface area (Å²) in [5.41, 5.74) is 1.36. The number of fused-ring (bicyclic) bond motifs is 1. The molecule has 14 nitrogen and oxygen atoms in total. The molecule has 1 aliphatic heterocycles. The van der Waals surface area contributed by atoms with Gasteiger partial charge in [0.1, 0.15) is 30.2 Å². The van der Waals surface area contributed by atoms with E-state index in [0.29, 0.717) is 30.2 Å². The second kappa shape index (κ2) is 16.9. The molecule has 1 heterocycles. The van der Waals surface area contributed by atoms with Crippen molar-refractivity contribution in [2.75, 3.05) is 39.2 Å². The molecular weight excluding hydrogens is 658 g/mol. The number of phenols is 1. The number of nitrogens with zero attached hydrogens (tertiary/aromatic N) is 1. The molecule has 1 fully saturated rings. The molecule has 0 bridgehead atoms. The molecule has 4 rings (SSSR count). The van der Waals surface area contributed by atoms with Crippen LogP contribution in [0.5, 0.6) is 5.75 Å². The quantitative estimate of drug-likeness (QED) is 0.0579. The molecule has 3 aromatic rings. The molecule has 1 saturated heterocycles. The van der Waals surface area contributed by atoms with E-state index >= 15 is 0 Å². The van der Waals surface area contributed by atoms with Crippen LogP contribution in [0.25, 0.3) is 16.8 Å². The van der Waals surface area contributed by atoms with E-state index in [-0.39, 0.29) is 41.8 Å². The number of unbranched alkanes of at least 4 members (excludes halogenated alkanes) is 2. The summed E-state index contributed by atoms with van der Waals surface area (Å²) in [7, 11) is 1.14. The monoisotopic (exact) mass is 701 g/mol. The van der Waals surface area contributed by atoms with Gasteiger partial charge < -0.3 is 44.9 Å². The van der Waals surface area contributed by atoms with E-state index in [2.05, 4.69) is 10.0 Å². The van der Waals surface area contributed by atoms with Gasteiger partial charge in [0.2, 0.25) is 28.0 Å². The Morgan fingerprint density at radius 1 is 0.918 bits per heavy atom. The fraction of sp³-hybridized carbons (Fsp3) is 0.412. The fourth-order valence-corrected chi connectivity index (χ4v) is 6.63. The summed E-state index contributed by atoms with van der Waals surface area (Å²) >= 11 is 0. The van der Waals surface area contributed by atoms with Crippen LogP contribution >= 0.6 is 0 Å². The average molecular weight is 702 g/mol. The Bertz CT molecular complexity index is 1730. The molecule has 15 heteroatoms. The highest BCUT2D eigenvalue weighted by atomic mass is 32.2. The van der Waals surface area contributed by atoms with Crippen molar-refractivity contribution in [2.45, 2.75) is 61.3 Å². The van der Waals surface area contributed by atoms with Crippen LogP contribution in [-0.2, 0) is 33.8 Å². The van der Waals surface area contributed by atoms with Gasteiger partial charge in [-0.05, 0) is 48.7 Å². The van der Waals surface area contributed by atoms with E-state index in [1.54, 1.807) is 18.2 Å². The van der Waals surface area contributed by atoms with Gasteiger partial charge in [0, 0.05) is 50.1 Å². The zero-order valence-electron chi connectivity index (χ0n) is 27.5. The van der Waals surface area contributed by atoms with Gasteiger partial charge in [-0.2, -0.15) is 0 Å². The van der Waals surface area contributed by atoms with Crippen molar-refractivity contribution in [3.63, 3.8) is 0 Å².